The van der Waals surface area contributed by atoms with Crippen LogP contribution in [0.3, 0.4) is 0 Å². The van der Waals surface area contributed by atoms with Gasteiger partial charge in [-0.15, -0.1) is 0 Å². The molecule has 1 aromatic heterocycles. The number of likely N-dealkylation sites (tertiary alicyclic amines) is 1. The van der Waals surface area contributed by atoms with E-state index in [1.165, 1.54) is 6.26 Å². The zero-order valence-corrected chi connectivity index (χ0v) is 10.1. The lowest BCUT2D eigenvalue weighted by Gasteiger charge is -2.31. The SMILES string of the molecule is NC(=O)CN1CCC(NC(=O)c2ccco2)CC1. The molecule has 1 fully saturated rings. The van der Waals surface area contributed by atoms with Crippen LogP contribution in [0.2, 0.25) is 0 Å². The normalized spacial score (nSPS) is 17.6. The van der Waals surface area contributed by atoms with E-state index in [4.69, 9.17) is 10.2 Å². The highest BCUT2D eigenvalue weighted by atomic mass is 16.3. The number of hydrogen-bond acceptors (Lipinski definition) is 4. The van der Waals surface area contributed by atoms with E-state index < -0.39 is 0 Å². The summed E-state index contributed by atoms with van der Waals surface area (Å²) in [4.78, 5) is 24.5. The quantitative estimate of drug-likeness (QED) is 0.785. The van der Waals surface area contributed by atoms with Gasteiger partial charge >= 0.3 is 0 Å². The molecule has 98 valence electrons. The van der Waals surface area contributed by atoms with Crippen molar-refractivity contribution >= 4 is 11.8 Å². The molecule has 2 rings (SSSR count). The van der Waals surface area contributed by atoms with Crippen LogP contribution < -0.4 is 11.1 Å². The van der Waals surface area contributed by atoms with E-state index >= 15 is 0 Å². The molecule has 1 aliphatic rings. The van der Waals surface area contributed by atoms with Crippen LogP contribution in [0.5, 0.6) is 0 Å². The van der Waals surface area contributed by atoms with E-state index in [0.29, 0.717) is 12.3 Å². The first kappa shape index (κ1) is 12.6. The molecule has 6 nitrogen and oxygen atoms in total. The van der Waals surface area contributed by atoms with Crippen molar-refractivity contribution in [2.75, 3.05) is 19.6 Å². The maximum atomic E-state index is 11.7. The first-order chi connectivity index (χ1) is 8.65. The number of primary amides is 1. The number of carbonyl (C=O) groups is 2. The fraction of sp³-hybridized carbons (Fsp3) is 0.500. The average Bonchev–Trinajstić information content (AvgIpc) is 2.84. The summed E-state index contributed by atoms with van der Waals surface area (Å²) in [7, 11) is 0. The molecule has 0 saturated carbocycles. The molecular weight excluding hydrogens is 234 g/mol. The van der Waals surface area contributed by atoms with Crippen molar-refractivity contribution in [2.45, 2.75) is 18.9 Å². The minimum absolute atomic E-state index is 0.131. The molecule has 1 aliphatic heterocycles. The van der Waals surface area contributed by atoms with E-state index in [1.807, 2.05) is 4.90 Å². The molecule has 2 heterocycles. The van der Waals surface area contributed by atoms with Crippen molar-refractivity contribution in [3.8, 4) is 0 Å². The van der Waals surface area contributed by atoms with E-state index in [0.717, 1.165) is 25.9 Å². The molecule has 18 heavy (non-hydrogen) atoms. The zero-order chi connectivity index (χ0) is 13.0. The van der Waals surface area contributed by atoms with Crippen molar-refractivity contribution < 1.29 is 14.0 Å². The van der Waals surface area contributed by atoms with Crippen LogP contribution in [0.4, 0.5) is 0 Å². The Morgan fingerprint density at radius 1 is 1.44 bits per heavy atom. The number of carbonyl (C=O) groups excluding carboxylic acids is 2. The molecule has 0 atom stereocenters. The van der Waals surface area contributed by atoms with Crippen LogP contribution in [0.1, 0.15) is 23.4 Å². The lowest BCUT2D eigenvalue weighted by molar-refractivity contribution is -0.119. The third kappa shape index (κ3) is 3.33. The molecule has 3 N–H and O–H groups in total. The number of amides is 2. The van der Waals surface area contributed by atoms with E-state index in [9.17, 15) is 9.59 Å². The summed E-state index contributed by atoms with van der Waals surface area (Å²) in [5.74, 6) is -0.170. The smallest absolute Gasteiger partial charge is 0.287 e. The Bertz CT molecular complexity index is 408. The predicted molar refractivity (Wildman–Crippen MR) is 64.8 cm³/mol. The summed E-state index contributed by atoms with van der Waals surface area (Å²) in [5.41, 5.74) is 5.14. The average molecular weight is 251 g/mol. The second-order valence-electron chi connectivity index (χ2n) is 4.47. The summed E-state index contributed by atoms with van der Waals surface area (Å²) < 4.78 is 5.03. The highest BCUT2D eigenvalue weighted by molar-refractivity contribution is 5.91. The van der Waals surface area contributed by atoms with E-state index in [1.54, 1.807) is 12.1 Å². The third-order valence-corrected chi connectivity index (χ3v) is 3.05. The Morgan fingerprint density at radius 3 is 2.72 bits per heavy atom. The minimum Gasteiger partial charge on any atom is -0.459 e. The first-order valence-electron chi connectivity index (χ1n) is 6.00. The topological polar surface area (TPSA) is 88.6 Å². The molecule has 2 amide bonds. The zero-order valence-electron chi connectivity index (χ0n) is 10.1. The van der Waals surface area contributed by atoms with Gasteiger partial charge in [0.2, 0.25) is 5.91 Å². The molecule has 0 aliphatic carbocycles. The summed E-state index contributed by atoms with van der Waals surface area (Å²) in [6.07, 6.45) is 3.11. The summed E-state index contributed by atoms with van der Waals surface area (Å²) in [5, 5.41) is 2.92. The van der Waals surface area contributed by atoms with Gasteiger partial charge in [-0.3, -0.25) is 14.5 Å². The molecule has 0 radical (unpaired) electrons. The van der Waals surface area contributed by atoms with Gasteiger partial charge in [-0.2, -0.15) is 0 Å². The maximum Gasteiger partial charge on any atom is 0.287 e. The van der Waals surface area contributed by atoms with Crippen molar-refractivity contribution in [1.82, 2.24) is 10.2 Å². The number of rotatable bonds is 4. The summed E-state index contributed by atoms with van der Waals surface area (Å²) in [6.45, 7) is 1.83. The van der Waals surface area contributed by atoms with Crippen molar-refractivity contribution in [2.24, 2.45) is 5.73 Å². The summed E-state index contributed by atoms with van der Waals surface area (Å²) in [6, 6.07) is 3.45. The molecule has 0 bridgehead atoms. The largest absolute Gasteiger partial charge is 0.459 e. The molecule has 0 spiro atoms. The maximum absolute atomic E-state index is 11.7. The fourth-order valence-electron chi connectivity index (χ4n) is 2.12. The summed E-state index contributed by atoms with van der Waals surface area (Å²) >= 11 is 0. The standard InChI is InChI=1S/C12H17N3O3/c13-11(16)8-15-5-3-9(4-6-15)14-12(17)10-2-1-7-18-10/h1-2,7,9H,3-6,8H2,(H2,13,16)(H,14,17). The van der Waals surface area contributed by atoms with E-state index in [-0.39, 0.29) is 17.9 Å². The van der Waals surface area contributed by atoms with Crippen LogP contribution in [-0.4, -0.2) is 42.4 Å². The molecular formula is C12H17N3O3. The Hall–Kier alpha value is -1.82. The van der Waals surface area contributed by atoms with Crippen molar-refractivity contribution in [3.63, 3.8) is 0 Å². The fourth-order valence-corrected chi connectivity index (χ4v) is 2.12. The lowest BCUT2D eigenvalue weighted by Crippen LogP contribution is -2.46. The second-order valence-corrected chi connectivity index (χ2v) is 4.47. The Kier molecular flexibility index (Phi) is 3.99. The Labute approximate surface area is 105 Å². The van der Waals surface area contributed by atoms with Crippen molar-refractivity contribution in [3.05, 3.63) is 24.2 Å². The van der Waals surface area contributed by atoms with Gasteiger partial charge in [0.15, 0.2) is 5.76 Å². The van der Waals surface area contributed by atoms with Gasteiger partial charge in [-0.25, -0.2) is 0 Å². The van der Waals surface area contributed by atoms with Gasteiger partial charge in [0.25, 0.3) is 5.91 Å². The van der Waals surface area contributed by atoms with Crippen LogP contribution in [-0.2, 0) is 4.79 Å². The van der Waals surface area contributed by atoms with Crippen LogP contribution in [0, 0.1) is 0 Å². The van der Waals surface area contributed by atoms with Crippen LogP contribution >= 0.6 is 0 Å². The minimum atomic E-state index is -0.312. The number of piperidine rings is 1. The van der Waals surface area contributed by atoms with Gasteiger partial charge in [-0.1, -0.05) is 0 Å². The predicted octanol–water partition coefficient (Wildman–Crippen LogP) is -0.0409. The molecule has 0 unspecified atom stereocenters. The monoisotopic (exact) mass is 251 g/mol. The first-order valence-corrected chi connectivity index (χ1v) is 6.00. The number of hydrogen-bond donors (Lipinski definition) is 2. The second kappa shape index (κ2) is 5.68. The number of furan rings is 1. The lowest BCUT2D eigenvalue weighted by atomic mass is 10.0. The van der Waals surface area contributed by atoms with Gasteiger partial charge in [-0.05, 0) is 25.0 Å². The van der Waals surface area contributed by atoms with Crippen LogP contribution in [0.25, 0.3) is 0 Å². The van der Waals surface area contributed by atoms with Gasteiger partial charge in [0.05, 0.1) is 12.8 Å². The number of nitrogens with one attached hydrogen (secondary N) is 1. The highest BCUT2D eigenvalue weighted by Crippen LogP contribution is 2.11. The van der Waals surface area contributed by atoms with Gasteiger partial charge < -0.3 is 15.5 Å². The van der Waals surface area contributed by atoms with Crippen molar-refractivity contribution in [1.29, 1.82) is 0 Å². The molecule has 1 aromatic rings. The third-order valence-electron chi connectivity index (χ3n) is 3.05. The Morgan fingerprint density at radius 2 is 2.17 bits per heavy atom. The Balaban J connectivity index is 1.77. The molecule has 6 heteroatoms. The van der Waals surface area contributed by atoms with Gasteiger partial charge in [0.1, 0.15) is 0 Å². The van der Waals surface area contributed by atoms with E-state index in [2.05, 4.69) is 5.32 Å². The molecule has 0 aromatic carbocycles. The highest BCUT2D eigenvalue weighted by Gasteiger charge is 2.22. The van der Waals surface area contributed by atoms with Crippen LogP contribution in [0.15, 0.2) is 22.8 Å². The molecule has 1 saturated heterocycles. The number of nitrogens with two attached hydrogens (primary N) is 1. The number of nitrogens with zero attached hydrogens (tertiary/aromatic N) is 1. The van der Waals surface area contributed by atoms with Gasteiger partial charge in [0, 0.05) is 19.1 Å².